The van der Waals surface area contributed by atoms with Crippen LogP contribution in [-0.2, 0) is 6.54 Å². The quantitative estimate of drug-likeness (QED) is 0.657. The van der Waals surface area contributed by atoms with E-state index in [4.69, 9.17) is 4.74 Å². The molecule has 100 valence electrons. The summed E-state index contributed by atoms with van der Waals surface area (Å²) >= 11 is 0. The lowest BCUT2D eigenvalue weighted by molar-refractivity contribution is -0.662. The predicted octanol–water partition coefficient (Wildman–Crippen LogP) is 3.57. The summed E-state index contributed by atoms with van der Waals surface area (Å²) in [6.45, 7) is 3.57. The van der Waals surface area contributed by atoms with Crippen molar-refractivity contribution in [2.75, 3.05) is 6.61 Å². The van der Waals surface area contributed by atoms with Gasteiger partial charge in [0.15, 0.2) is 12.7 Å². The highest BCUT2D eigenvalue weighted by molar-refractivity contribution is 5.74. The number of benzene rings is 2. The summed E-state index contributed by atoms with van der Waals surface area (Å²) in [5, 5.41) is 1.26. The lowest BCUT2D eigenvalue weighted by Gasteiger charge is -2.04. The SMILES string of the molecule is CCOc1ccc(C[n+]2cccc3ccccc32)cc1. The maximum Gasteiger partial charge on any atom is 0.212 e. The summed E-state index contributed by atoms with van der Waals surface area (Å²) in [4.78, 5) is 0. The molecule has 0 saturated carbocycles. The summed E-state index contributed by atoms with van der Waals surface area (Å²) in [5.74, 6) is 0.930. The van der Waals surface area contributed by atoms with Gasteiger partial charge in [0, 0.05) is 23.1 Å². The minimum Gasteiger partial charge on any atom is -0.494 e. The van der Waals surface area contributed by atoms with Crippen molar-refractivity contribution in [3.05, 3.63) is 72.4 Å². The lowest BCUT2D eigenvalue weighted by atomic mass is 10.2. The van der Waals surface area contributed by atoms with Gasteiger partial charge >= 0.3 is 0 Å². The van der Waals surface area contributed by atoms with E-state index in [1.807, 2.05) is 19.1 Å². The highest BCUT2D eigenvalue weighted by atomic mass is 16.5. The first-order chi connectivity index (χ1) is 9.86. The van der Waals surface area contributed by atoms with Gasteiger partial charge < -0.3 is 4.74 Å². The van der Waals surface area contributed by atoms with Gasteiger partial charge in [-0.25, -0.2) is 0 Å². The summed E-state index contributed by atoms with van der Waals surface area (Å²) in [7, 11) is 0. The van der Waals surface area contributed by atoms with Crippen molar-refractivity contribution in [3.63, 3.8) is 0 Å². The lowest BCUT2D eigenvalue weighted by Crippen LogP contribution is -2.34. The van der Waals surface area contributed by atoms with Gasteiger partial charge in [0.25, 0.3) is 0 Å². The van der Waals surface area contributed by atoms with Crippen molar-refractivity contribution < 1.29 is 9.30 Å². The number of ether oxygens (including phenoxy) is 1. The molecule has 0 radical (unpaired) electrons. The Morgan fingerprint density at radius 2 is 1.65 bits per heavy atom. The summed E-state index contributed by atoms with van der Waals surface area (Å²) in [6.07, 6.45) is 2.12. The van der Waals surface area contributed by atoms with Crippen LogP contribution in [0.15, 0.2) is 66.9 Å². The molecule has 2 nitrogen and oxygen atoms in total. The zero-order valence-electron chi connectivity index (χ0n) is 11.6. The van der Waals surface area contributed by atoms with Crippen molar-refractivity contribution in [1.82, 2.24) is 0 Å². The Balaban J connectivity index is 1.89. The van der Waals surface area contributed by atoms with Gasteiger partial charge in [-0.15, -0.1) is 0 Å². The fraction of sp³-hybridized carbons (Fsp3) is 0.167. The maximum absolute atomic E-state index is 5.47. The zero-order chi connectivity index (χ0) is 13.8. The molecule has 0 N–H and O–H groups in total. The molecule has 0 aliphatic rings. The predicted molar refractivity (Wildman–Crippen MR) is 80.9 cm³/mol. The van der Waals surface area contributed by atoms with Crippen LogP contribution in [0, 0.1) is 0 Å². The van der Waals surface area contributed by atoms with E-state index in [-0.39, 0.29) is 0 Å². The molecule has 0 bridgehead atoms. The largest absolute Gasteiger partial charge is 0.494 e. The number of rotatable bonds is 4. The Bertz CT molecular complexity index is 699. The van der Waals surface area contributed by atoms with Crippen LogP contribution in [0.25, 0.3) is 10.9 Å². The van der Waals surface area contributed by atoms with E-state index in [0.29, 0.717) is 6.61 Å². The van der Waals surface area contributed by atoms with E-state index in [1.54, 1.807) is 0 Å². The Kier molecular flexibility index (Phi) is 3.64. The van der Waals surface area contributed by atoms with Crippen molar-refractivity contribution in [2.45, 2.75) is 13.5 Å². The second-order valence-corrected chi connectivity index (χ2v) is 4.77. The minimum absolute atomic E-state index is 0.706. The third-order valence-corrected chi connectivity index (χ3v) is 3.38. The summed E-state index contributed by atoms with van der Waals surface area (Å²) in [5.41, 5.74) is 2.53. The smallest absolute Gasteiger partial charge is 0.212 e. The first-order valence-electron chi connectivity index (χ1n) is 6.96. The first kappa shape index (κ1) is 12.7. The number of pyridine rings is 1. The standard InChI is InChI=1S/C18H18NO/c1-2-20-17-11-9-15(10-12-17)14-19-13-5-7-16-6-3-4-8-18(16)19/h3-13H,2,14H2,1H3/q+1. The second kappa shape index (κ2) is 5.74. The molecule has 20 heavy (non-hydrogen) atoms. The van der Waals surface area contributed by atoms with E-state index in [1.165, 1.54) is 16.5 Å². The highest BCUT2D eigenvalue weighted by Gasteiger charge is 2.08. The van der Waals surface area contributed by atoms with E-state index in [9.17, 15) is 0 Å². The van der Waals surface area contributed by atoms with Gasteiger partial charge in [-0.1, -0.05) is 12.1 Å². The average molecular weight is 264 g/mol. The molecule has 0 fully saturated rings. The van der Waals surface area contributed by atoms with Crippen molar-refractivity contribution in [2.24, 2.45) is 0 Å². The van der Waals surface area contributed by atoms with Crippen LogP contribution in [0.5, 0.6) is 5.75 Å². The molecule has 3 rings (SSSR count). The molecular formula is C18H18NO+. The molecule has 0 unspecified atom stereocenters. The van der Waals surface area contributed by atoms with Crippen molar-refractivity contribution in [3.8, 4) is 5.75 Å². The minimum atomic E-state index is 0.706. The Morgan fingerprint density at radius 3 is 2.45 bits per heavy atom. The third-order valence-electron chi connectivity index (χ3n) is 3.38. The van der Waals surface area contributed by atoms with Crippen LogP contribution in [0.1, 0.15) is 12.5 Å². The van der Waals surface area contributed by atoms with E-state index < -0.39 is 0 Å². The normalized spacial score (nSPS) is 10.7. The fourth-order valence-electron chi connectivity index (χ4n) is 2.41. The number of fused-ring (bicyclic) bond motifs is 1. The molecule has 1 aromatic heterocycles. The first-order valence-corrected chi connectivity index (χ1v) is 6.96. The number of hydrogen-bond acceptors (Lipinski definition) is 1. The molecule has 0 amide bonds. The summed E-state index contributed by atoms with van der Waals surface area (Å²) in [6, 6.07) is 21.0. The molecule has 1 heterocycles. The molecule has 0 spiro atoms. The molecule has 0 atom stereocenters. The van der Waals surface area contributed by atoms with Gasteiger partial charge in [0.1, 0.15) is 5.75 Å². The van der Waals surface area contributed by atoms with Gasteiger partial charge in [0.2, 0.25) is 5.52 Å². The fourth-order valence-corrected chi connectivity index (χ4v) is 2.41. The molecule has 3 aromatic rings. The maximum atomic E-state index is 5.47. The summed E-state index contributed by atoms with van der Waals surface area (Å²) < 4.78 is 7.74. The molecule has 0 aliphatic carbocycles. The average Bonchev–Trinajstić information content (AvgIpc) is 2.50. The molecular weight excluding hydrogens is 246 g/mol. The van der Waals surface area contributed by atoms with Crippen LogP contribution < -0.4 is 9.30 Å². The van der Waals surface area contributed by atoms with Crippen molar-refractivity contribution >= 4 is 10.9 Å². The molecule has 0 aliphatic heterocycles. The van der Waals surface area contributed by atoms with Crippen LogP contribution in [0.4, 0.5) is 0 Å². The molecule has 0 saturated heterocycles. The second-order valence-electron chi connectivity index (χ2n) is 4.77. The van der Waals surface area contributed by atoms with Gasteiger partial charge in [-0.05, 0) is 43.3 Å². The number of nitrogens with zero attached hydrogens (tertiary/aromatic N) is 1. The monoisotopic (exact) mass is 264 g/mol. The van der Waals surface area contributed by atoms with Gasteiger partial charge in [-0.3, -0.25) is 0 Å². The van der Waals surface area contributed by atoms with E-state index in [0.717, 1.165) is 12.3 Å². The van der Waals surface area contributed by atoms with Gasteiger partial charge in [0.05, 0.1) is 6.61 Å². The van der Waals surface area contributed by atoms with Crippen molar-refractivity contribution in [1.29, 1.82) is 0 Å². The third kappa shape index (κ3) is 2.64. The highest BCUT2D eigenvalue weighted by Crippen LogP contribution is 2.13. The van der Waals surface area contributed by atoms with Crippen LogP contribution >= 0.6 is 0 Å². The molecule has 2 aromatic carbocycles. The Morgan fingerprint density at radius 1 is 0.900 bits per heavy atom. The van der Waals surface area contributed by atoms with Gasteiger partial charge in [-0.2, -0.15) is 4.57 Å². The zero-order valence-corrected chi connectivity index (χ0v) is 11.6. The van der Waals surface area contributed by atoms with Crippen LogP contribution in [0.3, 0.4) is 0 Å². The Labute approximate surface area is 119 Å². The number of para-hydroxylation sites is 1. The van der Waals surface area contributed by atoms with E-state index in [2.05, 4.69) is 59.3 Å². The van der Waals surface area contributed by atoms with E-state index >= 15 is 0 Å². The van der Waals surface area contributed by atoms with Crippen LogP contribution in [0.2, 0.25) is 0 Å². The number of aromatic nitrogens is 1. The molecule has 2 heteroatoms. The number of hydrogen-bond donors (Lipinski definition) is 0. The Hall–Kier alpha value is -2.35. The van der Waals surface area contributed by atoms with Crippen LogP contribution in [-0.4, -0.2) is 6.61 Å². The topological polar surface area (TPSA) is 13.1 Å².